The van der Waals surface area contributed by atoms with Crippen LogP contribution in [0.5, 0.6) is 0 Å². The lowest BCUT2D eigenvalue weighted by Crippen LogP contribution is -2.18. The van der Waals surface area contributed by atoms with Crippen molar-refractivity contribution < 1.29 is 4.79 Å². The molecule has 3 rings (SSSR count). The Morgan fingerprint density at radius 1 is 1.29 bits per heavy atom. The van der Waals surface area contributed by atoms with E-state index in [-0.39, 0.29) is 0 Å². The molecule has 0 N–H and O–H groups in total. The highest BCUT2D eigenvalue weighted by Gasteiger charge is 2.18. The van der Waals surface area contributed by atoms with Crippen molar-refractivity contribution in [2.75, 3.05) is 0 Å². The average Bonchev–Trinajstić information content (AvgIpc) is 2.54. The first kappa shape index (κ1) is 7.74. The average molecular weight is 186 g/mol. The minimum atomic E-state index is 0.299. The maximum atomic E-state index is 11.2. The molecule has 14 heavy (non-hydrogen) atoms. The second kappa shape index (κ2) is 2.67. The molecule has 70 valence electrons. The van der Waals surface area contributed by atoms with Crippen LogP contribution in [0.3, 0.4) is 0 Å². The molecule has 1 aliphatic rings. The van der Waals surface area contributed by atoms with Crippen LogP contribution < -0.4 is 0 Å². The summed E-state index contributed by atoms with van der Waals surface area (Å²) in [5.41, 5.74) is 2.15. The smallest absolute Gasteiger partial charge is 0.142 e. The molecular weight excluding hydrogens is 176 g/mol. The Bertz CT molecular complexity index is 513. The highest BCUT2D eigenvalue weighted by molar-refractivity contribution is 5.84. The van der Waals surface area contributed by atoms with E-state index >= 15 is 0 Å². The van der Waals surface area contributed by atoms with Crippen LogP contribution in [0.2, 0.25) is 0 Å². The lowest BCUT2D eigenvalue weighted by molar-refractivity contribution is -0.119. The fourth-order valence-corrected chi connectivity index (χ4v) is 2.01. The fourth-order valence-electron chi connectivity index (χ4n) is 2.01. The van der Waals surface area contributed by atoms with Gasteiger partial charge in [-0.15, -0.1) is 0 Å². The number of carbonyl (C=O) groups excluding carboxylic acids is 1. The van der Waals surface area contributed by atoms with Gasteiger partial charge in [0.25, 0.3) is 0 Å². The van der Waals surface area contributed by atoms with Crippen molar-refractivity contribution in [3.8, 4) is 0 Å². The van der Waals surface area contributed by atoms with E-state index in [2.05, 4.69) is 15.6 Å². The fraction of sp³-hybridized carbons (Fsp3) is 0.273. The Balaban J connectivity index is 2.29. The van der Waals surface area contributed by atoms with Gasteiger partial charge in [0.1, 0.15) is 11.6 Å². The van der Waals surface area contributed by atoms with Crippen molar-refractivity contribution in [3.63, 3.8) is 0 Å². The topological polar surface area (TPSA) is 34.9 Å². The molecule has 2 heterocycles. The van der Waals surface area contributed by atoms with Gasteiger partial charge in [-0.1, -0.05) is 12.1 Å². The van der Waals surface area contributed by atoms with Gasteiger partial charge in [-0.3, -0.25) is 4.79 Å². The highest BCUT2D eigenvalue weighted by atomic mass is 16.1. The van der Waals surface area contributed by atoms with Crippen LogP contribution in [0.25, 0.3) is 11.0 Å². The highest BCUT2D eigenvalue weighted by Crippen LogP contribution is 2.20. The summed E-state index contributed by atoms with van der Waals surface area (Å²) in [6.45, 7) is 0.786. The summed E-state index contributed by atoms with van der Waals surface area (Å²) in [7, 11) is 0. The number of Topliss-reactive ketones (excluding diaryl/α,β-unsaturated/α-hetero) is 1. The number of rotatable bonds is 0. The number of nitrogens with zero attached hydrogens (tertiary/aromatic N) is 2. The van der Waals surface area contributed by atoms with E-state index in [0.29, 0.717) is 18.6 Å². The van der Waals surface area contributed by atoms with E-state index in [1.54, 1.807) is 0 Å². The predicted octanol–water partition coefficient (Wildman–Crippen LogP) is 1.55. The Morgan fingerprint density at radius 3 is 3.07 bits per heavy atom. The molecule has 0 radical (unpaired) electrons. The molecule has 1 aliphatic heterocycles. The van der Waals surface area contributed by atoms with Gasteiger partial charge in [-0.2, -0.15) is 0 Å². The standard InChI is InChI=1S/C11H10N2O/c14-8-5-6-13-10-4-2-1-3-9(10)12-11(13)7-8/h1-4H,5-7H2. The molecule has 3 heteroatoms. The lowest BCUT2D eigenvalue weighted by atomic mass is 10.1. The van der Waals surface area contributed by atoms with E-state index in [1.807, 2.05) is 18.2 Å². The van der Waals surface area contributed by atoms with Crippen LogP contribution in [-0.2, 0) is 17.8 Å². The molecule has 1 aromatic heterocycles. The van der Waals surface area contributed by atoms with Crippen LogP contribution in [0, 0.1) is 0 Å². The van der Waals surface area contributed by atoms with Gasteiger partial charge in [0, 0.05) is 13.0 Å². The number of benzene rings is 1. The van der Waals surface area contributed by atoms with Crippen molar-refractivity contribution in [2.45, 2.75) is 19.4 Å². The van der Waals surface area contributed by atoms with E-state index < -0.39 is 0 Å². The number of hydrogen-bond donors (Lipinski definition) is 0. The van der Waals surface area contributed by atoms with Crippen LogP contribution >= 0.6 is 0 Å². The van der Waals surface area contributed by atoms with Crippen molar-refractivity contribution in [1.82, 2.24) is 9.55 Å². The minimum absolute atomic E-state index is 0.299. The molecule has 1 aromatic carbocycles. The Morgan fingerprint density at radius 2 is 2.14 bits per heavy atom. The number of imidazole rings is 1. The summed E-state index contributed by atoms with van der Waals surface area (Å²) in [6.07, 6.45) is 1.14. The summed E-state index contributed by atoms with van der Waals surface area (Å²) in [5.74, 6) is 1.22. The molecule has 0 spiro atoms. The summed E-state index contributed by atoms with van der Waals surface area (Å²) in [4.78, 5) is 15.7. The van der Waals surface area contributed by atoms with Gasteiger partial charge in [-0.05, 0) is 12.1 Å². The first-order valence-electron chi connectivity index (χ1n) is 4.80. The first-order chi connectivity index (χ1) is 6.84. The number of para-hydroxylation sites is 2. The summed E-state index contributed by atoms with van der Waals surface area (Å²) in [6, 6.07) is 8.03. The van der Waals surface area contributed by atoms with Crippen molar-refractivity contribution in [2.24, 2.45) is 0 Å². The molecule has 2 aromatic rings. The largest absolute Gasteiger partial charge is 0.327 e. The molecule has 3 nitrogen and oxygen atoms in total. The van der Waals surface area contributed by atoms with Gasteiger partial charge in [0.15, 0.2) is 0 Å². The van der Waals surface area contributed by atoms with Crippen LogP contribution in [0.15, 0.2) is 24.3 Å². The number of aryl methyl sites for hydroxylation is 1. The van der Waals surface area contributed by atoms with Gasteiger partial charge in [0.2, 0.25) is 0 Å². The molecule has 0 aliphatic carbocycles. The molecule has 0 bridgehead atoms. The number of hydrogen-bond acceptors (Lipinski definition) is 2. The third-order valence-electron chi connectivity index (χ3n) is 2.70. The maximum absolute atomic E-state index is 11.2. The van der Waals surface area contributed by atoms with E-state index in [0.717, 1.165) is 23.4 Å². The van der Waals surface area contributed by atoms with Gasteiger partial charge in [-0.25, -0.2) is 4.98 Å². The number of fused-ring (bicyclic) bond motifs is 3. The third-order valence-corrected chi connectivity index (χ3v) is 2.70. The molecule has 0 saturated carbocycles. The monoisotopic (exact) mass is 186 g/mol. The Labute approximate surface area is 81.4 Å². The predicted molar refractivity (Wildman–Crippen MR) is 53.1 cm³/mol. The van der Waals surface area contributed by atoms with E-state index in [4.69, 9.17) is 0 Å². The van der Waals surface area contributed by atoms with Crippen molar-refractivity contribution in [1.29, 1.82) is 0 Å². The molecule has 0 saturated heterocycles. The second-order valence-electron chi connectivity index (χ2n) is 3.63. The van der Waals surface area contributed by atoms with E-state index in [1.165, 1.54) is 0 Å². The Kier molecular flexibility index (Phi) is 1.48. The number of aromatic nitrogens is 2. The quantitative estimate of drug-likeness (QED) is 0.625. The third kappa shape index (κ3) is 0.985. The summed E-state index contributed by atoms with van der Waals surface area (Å²) < 4.78 is 2.15. The zero-order valence-electron chi connectivity index (χ0n) is 7.73. The molecule has 0 fully saturated rings. The molecule has 0 atom stereocenters. The molecule has 0 unspecified atom stereocenters. The normalized spacial score (nSPS) is 15.9. The van der Waals surface area contributed by atoms with Crippen LogP contribution in [0.1, 0.15) is 12.2 Å². The summed E-state index contributed by atoms with van der Waals surface area (Å²) in [5, 5.41) is 0. The first-order valence-corrected chi connectivity index (χ1v) is 4.80. The SMILES string of the molecule is O=C1CCn2c(nc3ccccc32)C1. The zero-order chi connectivity index (χ0) is 9.54. The van der Waals surface area contributed by atoms with Crippen LogP contribution in [-0.4, -0.2) is 15.3 Å². The van der Waals surface area contributed by atoms with Crippen molar-refractivity contribution in [3.05, 3.63) is 30.1 Å². The van der Waals surface area contributed by atoms with Gasteiger partial charge < -0.3 is 4.57 Å². The molecule has 0 amide bonds. The van der Waals surface area contributed by atoms with Gasteiger partial charge >= 0.3 is 0 Å². The number of carbonyl (C=O) groups is 1. The number of ketones is 1. The summed E-state index contributed by atoms with van der Waals surface area (Å²) >= 11 is 0. The van der Waals surface area contributed by atoms with Gasteiger partial charge in [0.05, 0.1) is 17.5 Å². The van der Waals surface area contributed by atoms with E-state index in [9.17, 15) is 4.79 Å². The van der Waals surface area contributed by atoms with Crippen LogP contribution in [0.4, 0.5) is 0 Å². The molecular formula is C11H10N2O. The lowest BCUT2D eigenvalue weighted by Gasteiger charge is -2.12. The van der Waals surface area contributed by atoms with Crippen molar-refractivity contribution >= 4 is 16.8 Å². The minimum Gasteiger partial charge on any atom is -0.327 e. The zero-order valence-corrected chi connectivity index (χ0v) is 7.73. The second-order valence-corrected chi connectivity index (χ2v) is 3.63. The Hall–Kier alpha value is -1.64. The maximum Gasteiger partial charge on any atom is 0.142 e.